The van der Waals surface area contributed by atoms with Crippen LogP contribution in [-0.2, 0) is 14.2 Å². The standard InChI is InChI=1S/C9H18O4/c1-3-12-9-7(10)6-8(9)13-5-4-11-2/h7-10H,3-6H2,1-2H3. The van der Waals surface area contributed by atoms with Crippen molar-refractivity contribution in [3.8, 4) is 0 Å². The molecule has 1 saturated carbocycles. The highest BCUT2D eigenvalue weighted by atomic mass is 16.6. The van der Waals surface area contributed by atoms with Crippen LogP contribution in [0.25, 0.3) is 0 Å². The van der Waals surface area contributed by atoms with Gasteiger partial charge in [0, 0.05) is 20.1 Å². The molecule has 1 fully saturated rings. The van der Waals surface area contributed by atoms with E-state index in [-0.39, 0.29) is 18.3 Å². The molecule has 0 aromatic heterocycles. The average molecular weight is 190 g/mol. The van der Waals surface area contributed by atoms with Crippen molar-refractivity contribution in [2.45, 2.75) is 31.7 Å². The molecule has 1 aliphatic carbocycles. The van der Waals surface area contributed by atoms with Crippen LogP contribution in [0.3, 0.4) is 0 Å². The summed E-state index contributed by atoms with van der Waals surface area (Å²) >= 11 is 0. The Morgan fingerprint density at radius 1 is 1.31 bits per heavy atom. The lowest BCUT2D eigenvalue weighted by molar-refractivity contribution is -0.193. The number of methoxy groups -OCH3 is 1. The molecular formula is C9H18O4. The normalized spacial score (nSPS) is 33.0. The maximum absolute atomic E-state index is 9.33. The summed E-state index contributed by atoms with van der Waals surface area (Å²) in [6.07, 6.45) is 0.230. The Bertz CT molecular complexity index is 140. The van der Waals surface area contributed by atoms with Gasteiger partial charge in [0.15, 0.2) is 0 Å². The minimum Gasteiger partial charge on any atom is -0.390 e. The van der Waals surface area contributed by atoms with Crippen LogP contribution in [0, 0.1) is 0 Å². The van der Waals surface area contributed by atoms with Gasteiger partial charge in [0.05, 0.1) is 25.4 Å². The fourth-order valence-electron chi connectivity index (χ4n) is 1.41. The first kappa shape index (κ1) is 10.9. The zero-order chi connectivity index (χ0) is 9.68. The number of hydrogen-bond acceptors (Lipinski definition) is 4. The average Bonchev–Trinajstić information content (AvgIpc) is 2.13. The van der Waals surface area contributed by atoms with Crippen LogP contribution in [0.5, 0.6) is 0 Å². The summed E-state index contributed by atoms with van der Waals surface area (Å²) in [7, 11) is 1.64. The van der Waals surface area contributed by atoms with Gasteiger partial charge in [0.1, 0.15) is 6.10 Å². The van der Waals surface area contributed by atoms with Crippen molar-refractivity contribution in [3.63, 3.8) is 0 Å². The molecule has 4 nitrogen and oxygen atoms in total. The molecule has 0 aliphatic heterocycles. The van der Waals surface area contributed by atoms with Crippen LogP contribution in [0.4, 0.5) is 0 Å². The van der Waals surface area contributed by atoms with Gasteiger partial charge in [0.2, 0.25) is 0 Å². The third-order valence-corrected chi connectivity index (χ3v) is 2.20. The topological polar surface area (TPSA) is 47.9 Å². The van der Waals surface area contributed by atoms with E-state index in [0.717, 1.165) is 0 Å². The number of hydrogen-bond donors (Lipinski definition) is 1. The van der Waals surface area contributed by atoms with E-state index in [2.05, 4.69) is 0 Å². The van der Waals surface area contributed by atoms with Gasteiger partial charge in [-0.25, -0.2) is 0 Å². The first-order chi connectivity index (χ1) is 6.29. The van der Waals surface area contributed by atoms with E-state index in [1.54, 1.807) is 7.11 Å². The number of rotatable bonds is 6. The second-order valence-corrected chi connectivity index (χ2v) is 3.13. The first-order valence-electron chi connectivity index (χ1n) is 4.69. The third kappa shape index (κ3) is 2.91. The summed E-state index contributed by atoms with van der Waals surface area (Å²) in [4.78, 5) is 0. The van der Waals surface area contributed by atoms with Crippen molar-refractivity contribution >= 4 is 0 Å². The zero-order valence-electron chi connectivity index (χ0n) is 8.23. The van der Waals surface area contributed by atoms with E-state index >= 15 is 0 Å². The molecule has 0 aromatic rings. The molecule has 1 N–H and O–H groups in total. The van der Waals surface area contributed by atoms with Crippen molar-refractivity contribution < 1.29 is 19.3 Å². The lowest BCUT2D eigenvalue weighted by Gasteiger charge is -2.40. The molecule has 13 heavy (non-hydrogen) atoms. The molecule has 0 radical (unpaired) electrons. The highest BCUT2D eigenvalue weighted by Gasteiger charge is 2.41. The van der Waals surface area contributed by atoms with E-state index in [0.29, 0.717) is 26.2 Å². The van der Waals surface area contributed by atoms with Crippen molar-refractivity contribution in [2.24, 2.45) is 0 Å². The minimum atomic E-state index is -0.354. The molecule has 0 amide bonds. The third-order valence-electron chi connectivity index (χ3n) is 2.20. The number of aliphatic hydroxyl groups is 1. The maximum atomic E-state index is 9.33. The Morgan fingerprint density at radius 2 is 2.08 bits per heavy atom. The van der Waals surface area contributed by atoms with Crippen LogP contribution in [0.1, 0.15) is 13.3 Å². The van der Waals surface area contributed by atoms with Gasteiger partial charge in [-0.2, -0.15) is 0 Å². The molecule has 1 rings (SSSR count). The van der Waals surface area contributed by atoms with E-state index in [1.807, 2.05) is 6.92 Å². The van der Waals surface area contributed by atoms with E-state index in [4.69, 9.17) is 14.2 Å². The van der Waals surface area contributed by atoms with Crippen LogP contribution in [0.2, 0.25) is 0 Å². The lowest BCUT2D eigenvalue weighted by Crippen LogP contribution is -2.53. The van der Waals surface area contributed by atoms with Gasteiger partial charge in [-0.3, -0.25) is 0 Å². The van der Waals surface area contributed by atoms with E-state index in [1.165, 1.54) is 0 Å². The monoisotopic (exact) mass is 190 g/mol. The van der Waals surface area contributed by atoms with Gasteiger partial charge in [-0.05, 0) is 6.92 Å². The summed E-state index contributed by atoms with van der Waals surface area (Å²) in [6.45, 7) is 3.69. The summed E-state index contributed by atoms with van der Waals surface area (Å²) < 4.78 is 15.6. The Hall–Kier alpha value is -0.160. The molecule has 0 bridgehead atoms. The molecule has 0 spiro atoms. The smallest absolute Gasteiger partial charge is 0.110 e. The van der Waals surface area contributed by atoms with Gasteiger partial charge in [-0.15, -0.1) is 0 Å². The predicted octanol–water partition coefficient (Wildman–Crippen LogP) is 0.188. The summed E-state index contributed by atoms with van der Waals surface area (Å²) in [5.74, 6) is 0. The second kappa shape index (κ2) is 5.54. The molecule has 3 atom stereocenters. The SMILES string of the molecule is CCOC1C(O)CC1OCCOC. The molecule has 0 saturated heterocycles. The van der Waals surface area contributed by atoms with Crippen molar-refractivity contribution in [2.75, 3.05) is 26.9 Å². The van der Waals surface area contributed by atoms with Gasteiger partial charge in [-0.1, -0.05) is 0 Å². The Labute approximate surface area is 78.8 Å². The predicted molar refractivity (Wildman–Crippen MR) is 47.7 cm³/mol. The minimum absolute atomic E-state index is 0.0464. The molecule has 4 heteroatoms. The van der Waals surface area contributed by atoms with Gasteiger partial charge < -0.3 is 19.3 Å². The van der Waals surface area contributed by atoms with Crippen molar-refractivity contribution in [1.29, 1.82) is 0 Å². The van der Waals surface area contributed by atoms with Crippen LogP contribution < -0.4 is 0 Å². The lowest BCUT2D eigenvalue weighted by atomic mass is 9.88. The summed E-state index contributed by atoms with van der Waals surface area (Å²) in [5, 5.41) is 9.33. The van der Waals surface area contributed by atoms with E-state index in [9.17, 15) is 5.11 Å². The highest BCUT2D eigenvalue weighted by molar-refractivity contribution is 4.91. The summed E-state index contributed by atoms with van der Waals surface area (Å²) in [5.41, 5.74) is 0. The van der Waals surface area contributed by atoms with Crippen molar-refractivity contribution in [3.05, 3.63) is 0 Å². The molecular weight excluding hydrogens is 172 g/mol. The number of aliphatic hydroxyl groups excluding tert-OH is 1. The van der Waals surface area contributed by atoms with Crippen LogP contribution in [-0.4, -0.2) is 50.3 Å². The molecule has 0 heterocycles. The highest BCUT2D eigenvalue weighted by Crippen LogP contribution is 2.26. The molecule has 78 valence electrons. The zero-order valence-corrected chi connectivity index (χ0v) is 8.23. The second-order valence-electron chi connectivity index (χ2n) is 3.13. The number of ether oxygens (including phenoxy) is 3. The van der Waals surface area contributed by atoms with Crippen molar-refractivity contribution in [1.82, 2.24) is 0 Å². The van der Waals surface area contributed by atoms with E-state index < -0.39 is 0 Å². The quantitative estimate of drug-likeness (QED) is 0.607. The fraction of sp³-hybridized carbons (Fsp3) is 1.00. The van der Waals surface area contributed by atoms with Crippen LogP contribution >= 0.6 is 0 Å². The van der Waals surface area contributed by atoms with Gasteiger partial charge >= 0.3 is 0 Å². The largest absolute Gasteiger partial charge is 0.390 e. The fourth-order valence-corrected chi connectivity index (χ4v) is 1.41. The Morgan fingerprint density at radius 3 is 2.62 bits per heavy atom. The molecule has 1 aliphatic rings. The maximum Gasteiger partial charge on any atom is 0.110 e. The van der Waals surface area contributed by atoms with Gasteiger partial charge in [0.25, 0.3) is 0 Å². The molecule has 3 unspecified atom stereocenters. The first-order valence-corrected chi connectivity index (χ1v) is 4.69. The summed E-state index contributed by atoms with van der Waals surface area (Å²) in [6, 6.07) is 0. The molecule has 0 aromatic carbocycles. The van der Waals surface area contributed by atoms with Crippen LogP contribution in [0.15, 0.2) is 0 Å². The Kier molecular flexibility index (Phi) is 4.66. The Balaban J connectivity index is 2.12.